The summed E-state index contributed by atoms with van der Waals surface area (Å²) >= 11 is 11.9. The Bertz CT molecular complexity index is 448. The number of carboxylic acid groups (broad SMARTS) is 1. The molecule has 0 radical (unpaired) electrons. The first-order chi connectivity index (χ1) is 7.50. The normalized spacial score (nSPS) is 19.4. The van der Waals surface area contributed by atoms with Crippen molar-refractivity contribution in [3.63, 3.8) is 0 Å². The van der Waals surface area contributed by atoms with E-state index >= 15 is 0 Å². The molecule has 1 unspecified atom stereocenters. The minimum absolute atomic E-state index is 0.170. The van der Waals surface area contributed by atoms with E-state index in [-0.39, 0.29) is 5.56 Å². The maximum Gasteiger partial charge on any atom is 0.337 e. The summed E-state index contributed by atoms with van der Waals surface area (Å²) in [5.41, 5.74) is 0.751. The summed E-state index contributed by atoms with van der Waals surface area (Å²) in [7, 11) is 0. The SMILES string of the molecule is CC1CCN1c1c(Cl)cc(Cl)cc1C(=O)O. The average Bonchev–Trinajstić information content (AvgIpc) is 2.18. The Morgan fingerprint density at radius 2 is 2.19 bits per heavy atom. The second-order valence-electron chi connectivity index (χ2n) is 3.92. The van der Waals surface area contributed by atoms with Crippen LogP contribution in [0.2, 0.25) is 10.0 Å². The van der Waals surface area contributed by atoms with Crippen molar-refractivity contribution in [3.05, 3.63) is 27.7 Å². The van der Waals surface area contributed by atoms with Gasteiger partial charge < -0.3 is 10.0 Å². The fourth-order valence-electron chi connectivity index (χ4n) is 1.87. The Hall–Kier alpha value is -0.930. The maximum atomic E-state index is 11.1. The largest absolute Gasteiger partial charge is 0.478 e. The van der Waals surface area contributed by atoms with E-state index in [1.165, 1.54) is 6.07 Å². The van der Waals surface area contributed by atoms with Crippen LogP contribution in [-0.4, -0.2) is 23.7 Å². The number of aromatic carboxylic acids is 1. The van der Waals surface area contributed by atoms with Crippen molar-refractivity contribution < 1.29 is 9.90 Å². The summed E-state index contributed by atoms with van der Waals surface area (Å²) in [6, 6.07) is 3.35. The van der Waals surface area contributed by atoms with Gasteiger partial charge in [0.05, 0.1) is 16.3 Å². The van der Waals surface area contributed by atoms with Crippen molar-refractivity contribution in [3.8, 4) is 0 Å². The van der Waals surface area contributed by atoms with Crippen LogP contribution < -0.4 is 4.90 Å². The van der Waals surface area contributed by atoms with Crippen LogP contribution in [0.15, 0.2) is 12.1 Å². The molecule has 5 heteroatoms. The number of halogens is 2. The summed E-state index contributed by atoms with van der Waals surface area (Å²) in [5.74, 6) is -1.00. The van der Waals surface area contributed by atoms with Gasteiger partial charge in [0.15, 0.2) is 0 Å². The molecule has 0 aliphatic carbocycles. The number of benzene rings is 1. The molecule has 16 heavy (non-hydrogen) atoms. The highest BCUT2D eigenvalue weighted by Gasteiger charge is 2.29. The molecule has 0 amide bonds. The average molecular weight is 260 g/mol. The van der Waals surface area contributed by atoms with Crippen LogP contribution in [0.25, 0.3) is 0 Å². The van der Waals surface area contributed by atoms with Gasteiger partial charge in [-0.1, -0.05) is 23.2 Å². The van der Waals surface area contributed by atoms with Crippen LogP contribution in [0.3, 0.4) is 0 Å². The lowest BCUT2D eigenvalue weighted by molar-refractivity contribution is 0.0697. The number of anilines is 1. The molecule has 0 saturated carbocycles. The number of hydrogen-bond acceptors (Lipinski definition) is 2. The van der Waals surface area contributed by atoms with Crippen molar-refractivity contribution in [2.24, 2.45) is 0 Å². The third-order valence-corrected chi connectivity index (χ3v) is 3.37. The molecule has 2 rings (SSSR count). The minimum Gasteiger partial charge on any atom is -0.478 e. The topological polar surface area (TPSA) is 40.5 Å². The summed E-state index contributed by atoms with van der Waals surface area (Å²) in [6.45, 7) is 2.88. The summed E-state index contributed by atoms with van der Waals surface area (Å²) in [5, 5.41) is 9.87. The van der Waals surface area contributed by atoms with E-state index in [1.807, 2.05) is 11.8 Å². The number of carbonyl (C=O) groups is 1. The van der Waals surface area contributed by atoms with E-state index in [9.17, 15) is 4.79 Å². The first-order valence-electron chi connectivity index (χ1n) is 4.99. The molecule has 0 spiro atoms. The number of hydrogen-bond donors (Lipinski definition) is 1. The molecule has 1 aromatic rings. The van der Waals surface area contributed by atoms with Crippen molar-refractivity contribution in [1.29, 1.82) is 0 Å². The predicted octanol–water partition coefficient (Wildman–Crippen LogP) is 3.29. The van der Waals surface area contributed by atoms with Crippen LogP contribution in [0, 0.1) is 0 Å². The third-order valence-electron chi connectivity index (χ3n) is 2.87. The van der Waals surface area contributed by atoms with Gasteiger partial charge >= 0.3 is 5.97 Å². The molecule has 1 saturated heterocycles. The molecule has 1 heterocycles. The first kappa shape index (κ1) is 11.6. The maximum absolute atomic E-state index is 11.1. The second-order valence-corrected chi connectivity index (χ2v) is 4.76. The molecular formula is C11H11Cl2NO2. The van der Waals surface area contributed by atoms with Crippen LogP contribution in [0.1, 0.15) is 23.7 Å². The molecule has 0 aromatic heterocycles. The second kappa shape index (κ2) is 4.15. The van der Waals surface area contributed by atoms with E-state index in [4.69, 9.17) is 28.3 Å². The van der Waals surface area contributed by atoms with Crippen LogP contribution in [-0.2, 0) is 0 Å². The van der Waals surface area contributed by atoms with Crippen molar-refractivity contribution >= 4 is 34.9 Å². The summed E-state index contributed by atoms with van der Waals surface area (Å²) < 4.78 is 0. The molecule has 3 nitrogen and oxygen atoms in total. The van der Waals surface area contributed by atoms with E-state index < -0.39 is 5.97 Å². The highest BCUT2D eigenvalue weighted by molar-refractivity contribution is 6.37. The monoisotopic (exact) mass is 259 g/mol. The zero-order valence-corrected chi connectivity index (χ0v) is 10.2. The molecular weight excluding hydrogens is 249 g/mol. The molecule has 1 fully saturated rings. The van der Waals surface area contributed by atoms with E-state index in [2.05, 4.69) is 0 Å². The zero-order chi connectivity index (χ0) is 11.9. The number of nitrogens with zero attached hydrogens (tertiary/aromatic N) is 1. The molecule has 86 valence electrons. The smallest absolute Gasteiger partial charge is 0.337 e. The highest BCUT2D eigenvalue weighted by atomic mass is 35.5. The zero-order valence-electron chi connectivity index (χ0n) is 8.70. The summed E-state index contributed by atoms with van der Waals surface area (Å²) in [4.78, 5) is 13.1. The highest BCUT2D eigenvalue weighted by Crippen LogP contribution is 2.37. The lowest BCUT2D eigenvalue weighted by Gasteiger charge is -2.41. The fraction of sp³-hybridized carbons (Fsp3) is 0.364. The molecule has 1 N–H and O–H groups in total. The van der Waals surface area contributed by atoms with E-state index in [0.29, 0.717) is 21.8 Å². The molecule has 0 bridgehead atoms. The van der Waals surface area contributed by atoms with Crippen LogP contribution >= 0.6 is 23.2 Å². The van der Waals surface area contributed by atoms with Crippen LogP contribution in [0.5, 0.6) is 0 Å². The quantitative estimate of drug-likeness (QED) is 0.886. The fourth-order valence-corrected chi connectivity index (χ4v) is 2.47. The Morgan fingerprint density at radius 3 is 2.62 bits per heavy atom. The predicted molar refractivity (Wildman–Crippen MR) is 64.8 cm³/mol. The van der Waals surface area contributed by atoms with Crippen molar-refractivity contribution in [1.82, 2.24) is 0 Å². The minimum atomic E-state index is -1.00. The lowest BCUT2D eigenvalue weighted by Crippen LogP contribution is -2.46. The Morgan fingerprint density at radius 1 is 1.50 bits per heavy atom. The van der Waals surface area contributed by atoms with Gasteiger partial charge in [0.2, 0.25) is 0 Å². The number of carboxylic acids is 1. The van der Waals surface area contributed by atoms with Crippen molar-refractivity contribution in [2.45, 2.75) is 19.4 Å². The van der Waals surface area contributed by atoms with Crippen molar-refractivity contribution in [2.75, 3.05) is 11.4 Å². The Balaban J connectivity index is 2.53. The van der Waals surface area contributed by atoms with Gasteiger partial charge in [-0.25, -0.2) is 4.79 Å². The van der Waals surface area contributed by atoms with Gasteiger partial charge in [-0.3, -0.25) is 0 Å². The van der Waals surface area contributed by atoms with Gasteiger partial charge in [0, 0.05) is 17.6 Å². The van der Waals surface area contributed by atoms with E-state index in [0.717, 1.165) is 13.0 Å². The molecule has 1 aromatic carbocycles. The lowest BCUT2D eigenvalue weighted by atomic mass is 10.0. The molecule has 1 aliphatic rings. The standard InChI is InChI=1S/C11H11Cl2NO2/c1-6-2-3-14(6)10-8(11(15)16)4-7(12)5-9(10)13/h4-6H,2-3H2,1H3,(H,15,16). The van der Waals surface area contributed by atoms with Gasteiger partial charge in [-0.05, 0) is 25.5 Å². The van der Waals surface area contributed by atoms with Gasteiger partial charge in [-0.15, -0.1) is 0 Å². The third kappa shape index (κ3) is 1.85. The number of rotatable bonds is 2. The van der Waals surface area contributed by atoms with Gasteiger partial charge in [0.25, 0.3) is 0 Å². The molecule has 1 atom stereocenters. The van der Waals surface area contributed by atoms with E-state index in [1.54, 1.807) is 6.07 Å². The van der Waals surface area contributed by atoms with Crippen LogP contribution in [0.4, 0.5) is 5.69 Å². The first-order valence-corrected chi connectivity index (χ1v) is 5.75. The molecule has 1 aliphatic heterocycles. The van der Waals surface area contributed by atoms with Gasteiger partial charge in [0.1, 0.15) is 0 Å². The van der Waals surface area contributed by atoms with Gasteiger partial charge in [-0.2, -0.15) is 0 Å². The Labute approximate surface area is 104 Å². The Kier molecular flexibility index (Phi) is 3.00. The summed E-state index contributed by atoms with van der Waals surface area (Å²) in [6.07, 6.45) is 1.05.